The average Bonchev–Trinajstić information content (AvgIpc) is 2.75. The summed E-state index contributed by atoms with van der Waals surface area (Å²) < 4.78 is 0. The summed E-state index contributed by atoms with van der Waals surface area (Å²) in [6.45, 7) is 9.14. The van der Waals surface area contributed by atoms with Crippen molar-refractivity contribution in [1.29, 1.82) is 0 Å². The molecule has 1 N–H and O–H groups in total. The van der Waals surface area contributed by atoms with Gasteiger partial charge in [-0.3, -0.25) is 4.90 Å². The molecule has 1 saturated heterocycles. The van der Waals surface area contributed by atoms with Crippen molar-refractivity contribution in [1.82, 2.24) is 14.9 Å². The first-order valence-corrected chi connectivity index (χ1v) is 10.4. The molecular weight excluding hydrogens is 358 g/mol. The Hall–Kier alpha value is -2.92. The zero-order valence-electron chi connectivity index (χ0n) is 17.3. The Labute approximate surface area is 173 Å². The second-order valence-corrected chi connectivity index (χ2v) is 7.62. The molecule has 1 aliphatic rings. The van der Waals surface area contributed by atoms with Crippen molar-refractivity contribution in [3.05, 3.63) is 77.5 Å². The van der Waals surface area contributed by atoms with Crippen LogP contribution in [-0.2, 0) is 13.0 Å². The van der Waals surface area contributed by atoms with Gasteiger partial charge in [0.05, 0.1) is 0 Å². The molecule has 0 radical (unpaired) electrons. The topological polar surface area (TPSA) is 44.3 Å². The molecule has 0 spiro atoms. The first kappa shape index (κ1) is 19.4. The van der Waals surface area contributed by atoms with Crippen LogP contribution in [-0.4, -0.2) is 41.0 Å². The van der Waals surface area contributed by atoms with Crippen LogP contribution >= 0.6 is 0 Å². The van der Waals surface area contributed by atoms with Crippen LogP contribution < -0.4 is 10.2 Å². The summed E-state index contributed by atoms with van der Waals surface area (Å²) in [5.41, 5.74) is 4.74. The average molecular weight is 388 g/mol. The predicted molar refractivity (Wildman–Crippen MR) is 120 cm³/mol. The van der Waals surface area contributed by atoms with Gasteiger partial charge in [0.15, 0.2) is 0 Å². The first-order chi connectivity index (χ1) is 14.2. The van der Waals surface area contributed by atoms with Crippen LogP contribution in [0.25, 0.3) is 0 Å². The standard InChI is InChI=1S/C24H29N5/c1-3-20-9-11-22(12-10-20)26-23-17-19(2)25-24(27-23)29-15-13-28(14-16-29)18-21-7-5-4-6-8-21/h4-12,17H,3,13-16,18H2,1-2H3,(H,25,26,27). The smallest absolute Gasteiger partial charge is 0.227 e. The van der Waals surface area contributed by atoms with Gasteiger partial charge >= 0.3 is 0 Å². The van der Waals surface area contributed by atoms with E-state index < -0.39 is 0 Å². The van der Waals surface area contributed by atoms with Crippen molar-refractivity contribution in [3.8, 4) is 0 Å². The maximum atomic E-state index is 4.79. The van der Waals surface area contributed by atoms with E-state index in [1.165, 1.54) is 11.1 Å². The number of aryl methyl sites for hydroxylation is 2. The largest absolute Gasteiger partial charge is 0.340 e. The maximum Gasteiger partial charge on any atom is 0.227 e. The monoisotopic (exact) mass is 387 g/mol. The molecule has 0 atom stereocenters. The number of benzene rings is 2. The minimum Gasteiger partial charge on any atom is -0.340 e. The molecule has 150 valence electrons. The van der Waals surface area contributed by atoms with E-state index in [2.05, 4.69) is 76.6 Å². The fourth-order valence-electron chi connectivity index (χ4n) is 3.68. The number of hydrogen-bond donors (Lipinski definition) is 1. The van der Waals surface area contributed by atoms with Crippen molar-refractivity contribution in [2.75, 3.05) is 36.4 Å². The van der Waals surface area contributed by atoms with E-state index in [9.17, 15) is 0 Å². The van der Waals surface area contributed by atoms with E-state index in [-0.39, 0.29) is 0 Å². The predicted octanol–water partition coefficient (Wildman–Crippen LogP) is 4.41. The quantitative estimate of drug-likeness (QED) is 0.679. The molecule has 1 aliphatic heterocycles. The molecule has 0 unspecified atom stereocenters. The highest BCUT2D eigenvalue weighted by Crippen LogP contribution is 2.20. The highest BCUT2D eigenvalue weighted by atomic mass is 15.3. The molecule has 0 aliphatic carbocycles. The van der Waals surface area contributed by atoms with Crippen LogP contribution in [0.1, 0.15) is 23.7 Å². The highest BCUT2D eigenvalue weighted by Gasteiger charge is 2.19. The number of piperazine rings is 1. The first-order valence-electron chi connectivity index (χ1n) is 10.4. The van der Waals surface area contributed by atoms with Gasteiger partial charge < -0.3 is 10.2 Å². The fourth-order valence-corrected chi connectivity index (χ4v) is 3.68. The van der Waals surface area contributed by atoms with Crippen LogP contribution in [0.2, 0.25) is 0 Å². The zero-order valence-corrected chi connectivity index (χ0v) is 17.3. The van der Waals surface area contributed by atoms with Crippen molar-refractivity contribution in [3.63, 3.8) is 0 Å². The molecule has 2 heterocycles. The van der Waals surface area contributed by atoms with Crippen molar-refractivity contribution in [2.45, 2.75) is 26.8 Å². The molecule has 5 heteroatoms. The van der Waals surface area contributed by atoms with Crippen LogP contribution in [0, 0.1) is 6.92 Å². The Morgan fingerprint density at radius 3 is 2.28 bits per heavy atom. The summed E-state index contributed by atoms with van der Waals surface area (Å²) in [6.07, 6.45) is 1.05. The number of rotatable bonds is 6. The van der Waals surface area contributed by atoms with E-state index in [1.807, 2.05) is 13.0 Å². The third kappa shape index (κ3) is 5.12. The minimum absolute atomic E-state index is 0.817. The van der Waals surface area contributed by atoms with E-state index in [0.717, 1.165) is 62.3 Å². The normalized spacial score (nSPS) is 14.8. The van der Waals surface area contributed by atoms with Gasteiger partial charge in [0.2, 0.25) is 5.95 Å². The molecular formula is C24H29N5. The Morgan fingerprint density at radius 1 is 0.862 bits per heavy atom. The third-order valence-electron chi connectivity index (χ3n) is 5.38. The van der Waals surface area contributed by atoms with Crippen molar-refractivity contribution < 1.29 is 0 Å². The third-order valence-corrected chi connectivity index (χ3v) is 5.38. The summed E-state index contributed by atoms with van der Waals surface area (Å²) >= 11 is 0. The number of nitrogens with zero attached hydrogens (tertiary/aromatic N) is 4. The Morgan fingerprint density at radius 2 is 1.59 bits per heavy atom. The van der Waals surface area contributed by atoms with Gasteiger partial charge in [0.25, 0.3) is 0 Å². The van der Waals surface area contributed by atoms with Crippen LogP contribution in [0.3, 0.4) is 0 Å². The fraction of sp³-hybridized carbons (Fsp3) is 0.333. The second-order valence-electron chi connectivity index (χ2n) is 7.62. The van der Waals surface area contributed by atoms with Gasteiger partial charge in [0.1, 0.15) is 5.82 Å². The highest BCUT2D eigenvalue weighted by molar-refractivity contribution is 5.58. The van der Waals surface area contributed by atoms with Gasteiger partial charge in [-0.25, -0.2) is 4.98 Å². The second kappa shape index (κ2) is 9.05. The summed E-state index contributed by atoms with van der Waals surface area (Å²) in [7, 11) is 0. The van der Waals surface area contributed by atoms with Crippen LogP contribution in [0.4, 0.5) is 17.5 Å². The van der Waals surface area contributed by atoms with E-state index in [1.54, 1.807) is 0 Å². The van der Waals surface area contributed by atoms with Gasteiger partial charge in [-0.1, -0.05) is 49.4 Å². The van der Waals surface area contributed by atoms with E-state index >= 15 is 0 Å². The molecule has 4 rings (SSSR count). The summed E-state index contributed by atoms with van der Waals surface area (Å²) in [5.74, 6) is 1.67. The molecule has 0 amide bonds. The number of nitrogens with one attached hydrogen (secondary N) is 1. The SMILES string of the molecule is CCc1ccc(Nc2cc(C)nc(N3CCN(Cc4ccccc4)CC3)n2)cc1. The zero-order chi connectivity index (χ0) is 20.1. The molecule has 0 saturated carbocycles. The molecule has 29 heavy (non-hydrogen) atoms. The molecule has 0 bridgehead atoms. The molecule has 5 nitrogen and oxygen atoms in total. The lowest BCUT2D eigenvalue weighted by Gasteiger charge is -2.35. The van der Waals surface area contributed by atoms with E-state index in [4.69, 9.17) is 9.97 Å². The number of aromatic nitrogens is 2. The van der Waals surface area contributed by atoms with Gasteiger partial charge in [0, 0.05) is 50.2 Å². The van der Waals surface area contributed by atoms with Crippen LogP contribution in [0.15, 0.2) is 60.7 Å². The Balaban J connectivity index is 1.40. The van der Waals surface area contributed by atoms with Gasteiger partial charge in [-0.15, -0.1) is 0 Å². The Kier molecular flexibility index (Phi) is 6.06. The minimum atomic E-state index is 0.817. The van der Waals surface area contributed by atoms with E-state index in [0.29, 0.717) is 0 Å². The lowest BCUT2D eigenvalue weighted by molar-refractivity contribution is 0.248. The summed E-state index contributed by atoms with van der Waals surface area (Å²) in [6, 6.07) is 21.2. The lowest BCUT2D eigenvalue weighted by Crippen LogP contribution is -2.46. The van der Waals surface area contributed by atoms with Gasteiger partial charge in [-0.05, 0) is 36.6 Å². The lowest BCUT2D eigenvalue weighted by atomic mass is 10.1. The summed E-state index contributed by atoms with van der Waals surface area (Å²) in [5, 5.41) is 3.43. The molecule has 3 aromatic rings. The van der Waals surface area contributed by atoms with Crippen molar-refractivity contribution in [2.24, 2.45) is 0 Å². The Bertz CT molecular complexity index is 916. The maximum absolute atomic E-state index is 4.79. The molecule has 1 aromatic heterocycles. The molecule has 1 fully saturated rings. The van der Waals surface area contributed by atoms with Crippen LogP contribution in [0.5, 0.6) is 0 Å². The molecule has 2 aromatic carbocycles. The van der Waals surface area contributed by atoms with Gasteiger partial charge in [-0.2, -0.15) is 4.98 Å². The van der Waals surface area contributed by atoms with Crippen molar-refractivity contribution >= 4 is 17.5 Å². The summed E-state index contributed by atoms with van der Waals surface area (Å²) in [4.78, 5) is 14.3. The number of hydrogen-bond acceptors (Lipinski definition) is 5. The number of anilines is 3.